The van der Waals surface area contributed by atoms with Gasteiger partial charge in [0.2, 0.25) is 0 Å². The Bertz CT molecular complexity index is 304. The van der Waals surface area contributed by atoms with Crippen LogP contribution in [0.25, 0.3) is 0 Å². The van der Waals surface area contributed by atoms with E-state index in [0.717, 1.165) is 11.7 Å². The highest BCUT2D eigenvalue weighted by Gasteiger charge is 2.20. The molecule has 0 unspecified atom stereocenters. The average molecular weight is 176 g/mol. The van der Waals surface area contributed by atoms with Crippen LogP contribution in [-0.2, 0) is 6.42 Å². The van der Waals surface area contributed by atoms with Gasteiger partial charge in [0.05, 0.1) is 7.11 Å². The summed E-state index contributed by atoms with van der Waals surface area (Å²) < 4.78 is 5.21. The van der Waals surface area contributed by atoms with Gasteiger partial charge in [0.15, 0.2) is 0 Å². The van der Waals surface area contributed by atoms with Gasteiger partial charge in [-0.2, -0.15) is 0 Å². The fourth-order valence-corrected chi connectivity index (χ4v) is 2.23. The molecule has 1 heteroatoms. The molecule has 0 heterocycles. The normalized spacial score (nSPS) is 20.0. The van der Waals surface area contributed by atoms with E-state index in [0.29, 0.717) is 0 Å². The molecule has 13 heavy (non-hydrogen) atoms. The highest BCUT2D eigenvalue weighted by Crippen LogP contribution is 2.36. The van der Waals surface area contributed by atoms with Crippen molar-refractivity contribution in [1.29, 1.82) is 0 Å². The first kappa shape index (κ1) is 8.61. The number of rotatable bonds is 2. The number of aryl methyl sites for hydroxylation is 1. The first-order valence-corrected chi connectivity index (χ1v) is 5.02. The van der Waals surface area contributed by atoms with Crippen molar-refractivity contribution in [3.8, 4) is 5.75 Å². The summed E-state index contributed by atoms with van der Waals surface area (Å²) in [5, 5.41) is 0. The zero-order valence-electron chi connectivity index (χ0n) is 8.34. The molecule has 0 N–H and O–H groups in total. The largest absolute Gasteiger partial charge is 0.497 e. The molecule has 0 saturated heterocycles. The predicted molar refractivity (Wildman–Crippen MR) is 54.3 cm³/mol. The molecular weight excluding hydrogens is 160 g/mol. The average Bonchev–Trinajstić information content (AvgIpc) is 2.59. The van der Waals surface area contributed by atoms with Gasteiger partial charge in [-0.1, -0.05) is 13.0 Å². The second-order valence-corrected chi connectivity index (χ2v) is 3.71. The van der Waals surface area contributed by atoms with Crippen LogP contribution in [0.2, 0.25) is 0 Å². The number of hydrogen-bond acceptors (Lipinski definition) is 1. The van der Waals surface area contributed by atoms with Gasteiger partial charge in [-0.3, -0.25) is 0 Å². The van der Waals surface area contributed by atoms with E-state index in [4.69, 9.17) is 4.74 Å². The maximum atomic E-state index is 5.21. The molecular formula is C12H16O. The Hall–Kier alpha value is -0.980. The third-order valence-corrected chi connectivity index (χ3v) is 3.04. The number of methoxy groups -OCH3 is 1. The molecule has 70 valence electrons. The fourth-order valence-electron chi connectivity index (χ4n) is 2.23. The van der Waals surface area contributed by atoms with E-state index in [1.807, 2.05) is 0 Å². The molecule has 1 aliphatic carbocycles. The maximum absolute atomic E-state index is 5.21. The molecule has 1 aromatic carbocycles. The van der Waals surface area contributed by atoms with Gasteiger partial charge in [-0.25, -0.2) is 0 Å². The lowest BCUT2D eigenvalue weighted by Crippen LogP contribution is -1.91. The molecule has 1 atom stereocenters. The van der Waals surface area contributed by atoms with Crippen LogP contribution in [0, 0.1) is 0 Å². The van der Waals surface area contributed by atoms with E-state index in [1.165, 1.54) is 24.8 Å². The lowest BCUT2D eigenvalue weighted by Gasteiger charge is -2.08. The molecule has 1 aromatic rings. The highest BCUT2D eigenvalue weighted by molar-refractivity contribution is 5.40. The molecule has 2 rings (SSSR count). The summed E-state index contributed by atoms with van der Waals surface area (Å²) in [6.45, 7) is 2.27. The summed E-state index contributed by atoms with van der Waals surface area (Å²) >= 11 is 0. The molecule has 0 spiro atoms. The quantitative estimate of drug-likeness (QED) is 0.672. The van der Waals surface area contributed by atoms with Crippen molar-refractivity contribution in [2.24, 2.45) is 0 Å². The van der Waals surface area contributed by atoms with Gasteiger partial charge >= 0.3 is 0 Å². The van der Waals surface area contributed by atoms with Crippen molar-refractivity contribution in [2.75, 3.05) is 7.11 Å². The number of fused-ring (bicyclic) bond motifs is 1. The van der Waals surface area contributed by atoms with Crippen molar-refractivity contribution < 1.29 is 4.74 Å². The van der Waals surface area contributed by atoms with Crippen molar-refractivity contribution in [3.63, 3.8) is 0 Å². The Labute approximate surface area is 79.7 Å². The molecule has 0 fully saturated rings. The summed E-state index contributed by atoms with van der Waals surface area (Å²) in [6, 6.07) is 6.49. The molecule has 1 aliphatic rings. The van der Waals surface area contributed by atoms with E-state index >= 15 is 0 Å². The second-order valence-electron chi connectivity index (χ2n) is 3.71. The van der Waals surface area contributed by atoms with E-state index in [9.17, 15) is 0 Å². The Morgan fingerprint density at radius 2 is 2.31 bits per heavy atom. The minimum atomic E-state index is 0.793. The smallest absolute Gasteiger partial charge is 0.119 e. The first-order chi connectivity index (χ1) is 6.35. The van der Waals surface area contributed by atoms with Crippen LogP contribution in [0.1, 0.15) is 36.8 Å². The zero-order chi connectivity index (χ0) is 9.26. The third kappa shape index (κ3) is 1.43. The molecule has 0 saturated carbocycles. The Balaban J connectivity index is 2.34. The molecule has 0 bridgehead atoms. The summed E-state index contributed by atoms with van der Waals surface area (Å²) in [4.78, 5) is 0. The standard InChI is InChI=1S/C12H16O/c1-3-9-4-5-10-8-11(13-2)6-7-12(9)10/h6-9H,3-5H2,1-2H3/t9-/m0/s1. The van der Waals surface area contributed by atoms with Crippen LogP contribution in [0.4, 0.5) is 0 Å². The van der Waals surface area contributed by atoms with Gasteiger partial charge < -0.3 is 4.74 Å². The van der Waals surface area contributed by atoms with Crippen LogP contribution in [0.3, 0.4) is 0 Å². The van der Waals surface area contributed by atoms with E-state index in [-0.39, 0.29) is 0 Å². The molecule has 0 amide bonds. The van der Waals surface area contributed by atoms with E-state index in [1.54, 1.807) is 12.7 Å². The minimum Gasteiger partial charge on any atom is -0.497 e. The van der Waals surface area contributed by atoms with Gasteiger partial charge in [0.25, 0.3) is 0 Å². The van der Waals surface area contributed by atoms with Gasteiger partial charge in [0.1, 0.15) is 5.75 Å². The Morgan fingerprint density at radius 1 is 1.46 bits per heavy atom. The van der Waals surface area contributed by atoms with Crippen LogP contribution < -0.4 is 4.74 Å². The summed E-state index contributed by atoms with van der Waals surface area (Å²) in [5.41, 5.74) is 3.04. The second kappa shape index (κ2) is 3.41. The number of hydrogen-bond donors (Lipinski definition) is 0. The van der Waals surface area contributed by atoms with E-state index < -0.39 is 0 Å². The maximum Gasteiger partial charge on any atom is 0.119 e. The molecule has 0 radical (unpaired) electrons. The number of benzene rings is 1. The highest BCUT2D eigenvalue weighted by atomic mass is 16.5. The Kier molecular flexibility index (Phi) is 2.26. The summed E-state index contributed by atoms with van der Waals surface area (Å²) in [6.07, 6.45) is 3.81. The SMILES string of the molecule is CC[C@H]1CCc2cc(OC)ccc21. The minimum absolute atomic E-state index is 0.793. The predicted octanol–water partition coefficient (Wildman–Crippen LogP) is 3.14. The topological polar surface area (TPSA) is 9.23 Å². The van der Waals surface area contributed by atoms with Crippen LogP contribution >= 0.6 is 0 Å². The van der Waals surface area contributed by atoms with Gasteiger partial charge in [-0.05, 0) is 48.4 Å². The monoisotopic (exact) mass is 176 g/mol. The van der Waals surface area contributed by atoms with Crippen LogP contribution in [0.15, 0.2) is 18.2 Å². The summed E-state index contributed by atoms with van der Waals surface area (Å²) in [5.74, 6) is 1.79. The van der Waals surface area contributed by atoms with Crippen LogP contribution in [-0.4, -0.2) is 7.11 Å². The van der Waals surface area contributed by atoms with Crippen molar-refractivity contribution in [3.05, 3.63) is 29.3 Å². The molecule has 0 aromatic heterocycles. The lowest BCUT2D eigenvalue weighted by atomic mass is 9.99. The first-order valence-electron chi connectivity index (χ1n) is 5.02. The fraction of sp³-hybridized carbons (Fsp3) is 0.500. The van der Waals surface area contributed by atoms with Gasteiger partial charge in [0, 0.05) is 0 Å². The Morgan fingerprint density at radius 3 is 3.00 bits per heavy atom. The van der Waals surface area contributed by atoms with Crippen molar-refractivity contribution >= 4 is 0 Å². The van der Waals surface area contributed by atoms with E-state index in [2.05, 4.69) is 25.1 Å². The molecule has 0 aliphatic heterocycles. The molecule has 1 nitrogen and oxygen atoms in total. The van der Waals surface area contributed by atoms with Crippen molar-refractivity contribution in [1.82, 2.24) is 0 Å². The lowest BCUT2D eigenvalue weighted by molar-refractivity contribution is 0.414. The zero-order valence-corrected chi connectivity index (χ0v) is 8.34. The number of ether oxygens (including phenoxy) is 1. The summed E-state index contributed by atoms with van der Waals surface area (Å²) in [7, 11) is 1.73. The van der Waals surface area contributed by atoms with Crippen LogP contribution in [0.5, 0.6) is 5.75 Å². The van der Waals surface area contributed by atoms with Gasteiger partial charge in [-0.15, -0.1) is 0 Å². The third-order valence-electron chi connectivity index (χ3n) is 3.04. The van der Waals surface area contributed by atoms with Crippen molar-refractivity contribution in [2.45, 2.75) is 32.1 Å².